The molecule has 0 N–H and O–H groups in total. The summed E-state index contributed by atoms with van der Waals surface area (Å²) in [4.78, 5) is 15.4. The molecule has 2 aromatic heterocycles. The predicted octanol–water partition coefficient (Wildman–Crippen LogP) is 12.0. The number of allylic oxidation sites excluding steroid dienone is 4. The van der Waals surface area contributed by atoms with Crippen LogP contribution in [0.2, 0.25) is 0 Å². The number of rotatable bonds is 7. The van der Waals surface area contributed by atoms with Gasteiger partial charge in [-0.25, -0.2) is 15.0 Å². The van der Waals surface area contributed by atoms with Crippen molar-refractivity contribution in [2.45, 2.75) is 25.7 Å². The van der Waals surface area contributed by atoms with E-state index in [1.54, 1.807) is 0 Å². The van der Waals surface area contributed by atoms with Crippen LogP contribution in [-0.2, 0) is 0 Å². The van der Waals surface area contributed by atoms with Crippen molar-refractivity contribution in [2.24, 2.45) is 0 Å². The van der Waals surface area contributed by atoms with Crippen LogP contribution in [0, 0.1) is 0 Å². The minimum atomic E-state index is 0.164. The van der Waals surface area contributed by atoms with Gasteiger partial charge < -0.3 is 4.57 Å². The topological polar surface area (TPSA) is 43.6 Å². The van der Waals surface area contributed by atoms with Crippen LogP contribution >= 0.6 is 0 Å². The molecular formula is C47H36N4. The number of hydrogen-bond acceptors (Lipinski definition) is 3. The van der Waals surface area contributed by atoms with Crippen LogP contribution in [0.3, 0.4) is 0 Å². The van der Waals surface area contributed by atoms with Crippen molar-refractivity contribution in [3.8, 4) is 45.3 Å². The Morgan fingerprint density at radius 3 is 1.65 bits per heavy atom. The van der Waals surface area contributed by atoms with Crippen molar-refractivity contribution in [1.82, 2.24) is 19.5 Å². The summed E-state index contributed by atoms with van der Waals surface area (Å²) in [5.74, 6) is 2.18. The molecule has 6 aromatic carbocycles. The summed E-state index contributed by atoms with van der Waals surface area (Å²) in [6, 6.07) is 55.4. The van der Waals surface area contributed by atoms with Gasteiger partial charge in [0.15, 0.2) is 17.5 Å². The number of para-hydroxylation sites is 2. The highest BCUT2D eigenvalue weighted by atomic mass is 15.0. The predicted molar refractivity (Wildman–Crippen MR) is 211 cm³/mol. The summed E-state index contributed by atoms with van der Waals surface area (Å²) in [5, 5.41) is 2.55. The van der Waals surface area contributed by atoms with Crippen molar-refractivity contribution in [1.29, 1.82) is 0 Å². The monoisotopic (exact) mass is 656 g/mol. The SMILES string of the molecule is CCC1=C(n2c3ccccc3c3ccccc32)C=CCC1c1ccccc1-c1nc(-c2ccccc2)nc(-c2ccc(-c3ccccc3)cc2)n1. The van der Waals surface area contributed by atoms with Gasteiger partial charge in [0.2, 0.25) is 0 Å². The second-order valence-corrected chi connectivity index (χ2v) is 13.0. The van der Waals surface area contributed by atoms with Gasteiger partial charge in [-0.3, -0.25) is 0 Å². The lowest BCUT2D eigenvalue weighted by Crippen LogP contribution is -2.12. The first-order valence-electron chi connectivity index (χ1n) is 17.7. The Hall–Kier alpha value is -6.39. The van der Waals surface area contributed by atoms with E-state index in [4.69, 9.17) is 15.0 Å². The molecule has 8 aromatic rings. The number of benzene rings is 6. The highest BCUT2D eigenvalue weighted by Crippen LogP contribution is 2.44. The van der Waals surface area contributed by atoms with Gasteiger partial charge in [0.25, 0.3) is 0 Å². The van der Waals surface area contributed by atoms with E-state index in [2.05, 4.69) is 157 Å². The van der Waals surface area contributed by atoms with Crippen LogP contribution in [0.25, 0.3) is 72.8 Å². The van der Waals surface area contributed by atoms with Crippen molar-refractivity contribution in [2.75, 3.05) is 0 Å². The van der Waals surface area contributed by atoms with Gasteiger partial charge in [-0.15, -0.1) is 0 Å². The van der Waals surface area contributed by atoms with Crippen LogP contribution in [0.1, 0.15) is 31.2 Å². The Morgan fingerprint density at radius 1 is 0.510 bits per heavy atom. The average molecular weight is 657 g/mol. The third-order valence-corrected chi connectivity index (χ3v) is 10.1. The van der Waals surface area contributed by atoms with Crippen molar-refractivity contribution >= 4 is 27.5 Å². The first-order chi connectivity index (χ1) is 25.3. The van der Waals surface area contributed by atoms with Gasteiger partial charge in [-0.05, 0) is 53.3 Å². The molecule has 0 spiro atoms. The Morgan fingerprint density at radius 2 is 1.00 bits per heavy atom. The van der Waals surface area contributed by atoms with Gasteiger partial charge in [0.05, 0.1) is 11.0 Å². The van der Waals surface area contributed by atoms with Gasteiger partial charge in [-0.1, -0.05) is 159 Å². The van der Waals surface area contributed by atoms with Gasteiger partial charge in [0.1, 0.15) is 0 Å². The second kappa shape index (κ2) is 13.1. The molecule has 1 atom stereocenters. The van der Waals surface area contributed by atoms with Crippen LogP contribution in [-0.4, -0.2) is 19.5 Å². The number of nitrogens with zero attached hydrogens (tertiary/aromatic N) is 4. The molecule has 4 nitrogen and oxygen atoms in total. The molecule has 0 fully saturated rings. The highest BCUT2D eigenvalue weighted by molar-refractivity contribution is 6.10. The van der Waals surface area contributed by atoms with E-state index in [9.17, 15) is 0 Å². The number of aromatic nitrogens is 4. The van der Waals surface area contributed by atoms with Gasteiger partial charge in [-0.2, -0.15) is 0 Å². The molecule has 1 aliphatic rings. The lowest BCUT2D eigenvalue weighted by molar-refractivity contribution is 0.758. The molecule has 0 amide bonds. The Bertz CT molecular complexity index is 2530. The smallest absolute Gasteiger partial charge is 0.164 e. The fourth-order valence-electron chi connectivity index (χ4n) is 7.67. The van der Waals surface area contributed by atoms with Gasteiger partial charge in [0, 0.05) is 39.1 Å². The maximum atomic E-state index is 5.20. The van der Waals surface area contributed by atoms with E-state index >= 15 is 0 Å². The molecule has 51 heavy (non-hydrogen) atoms. The maximum absolute atomic E-state index is 5.20. The summed E-state index contributed by atoms with van der Waals surface area (Å²) in [7, 11) is 0. The van der Waals surface area contributed by atoms with Crippen LogP contribution in [0.5, 0.6) is 0 Å². The van der Waals surface area contributed by atoms with E-state index in [1.807, 2.05) is 24.3 Å². The first kappa shape index (κ1) is 30.7. The zero-order chi connectivity index (χ0) is 34.1. The minimum absolute atomic E-state index is 0.164. The minimum Gasteiger partial charge on any atom is -0.309 e. The van der Waals surface area contributed by atoms with E-state index < -0.39 is 0 Å². The summed E-state index contributed by atoms with van der Waals surface area (Å²) < 4.78 is 2.46. The lowest BCUT2D eigenvalue weighted by Gasteiger charge is -2.28. The molecular weight excluding hydrogens is 621 g/mol. The Kier molecular flexibility index (Phi) is 7.90. The molecule has 244 valence electrons. The van der Waals surface area contributed by atoms with Crippen LogP contribution < -0.4 is 0 Å². The van der Waals surface area contributed by atoms with Crippen molar-refractivity contribution in [3.05, 3.63) is 181 Å². The van der Waals surface area contributed by atoms with Crippen molar-refractivity contribution < 1.29 is 0 Å². The molecule has 0 aliphatic heterocycles. The van der Waals surface area contributed by atoms with E-state index in [1.165, 1.54) is 44.2 Å². The molecule has 9 rings (SSSR count). The molecule has 0 bridgehead atoms. The first-order valence-corrected chi connectivity index (χ1v) is 17.7. The van der Waals surface area contributed by atoms with E-state index in [-0.39, 0.29) is 5.92 Å². The third-order valence-electron chi connectivity index (χ3n) is 10.1. The third kappa shape index (κ3) is 5.55. The molecule has 2 heterocycles. The van der Waals surface area contributed by atoms with E-state index in [0.717, 1.165) is 35.1 Å². The standard InChI is InChI=1S/C47H36N4/c1-2-36-37(24-15-27-42(36)51-43-25-13-11-21-39(43)40-22-12-14-26-44(40)51)38-20-9-10-23-41(38)47-49-45(34-18-7-4-8-19-34)48-46(50-47)35-30-28-33(29-31-35)32-16-5-3-6-17-32/h3-23,25-31,37H,2,24H2,1H3. The second-order valence-electron chi connectivity index (χ2n) is 13.0. The van der Waals surface area contributed by atoms with Crippen molar-refractivity contribution in [3.63, 3.8) is 0 Å². The average Bonchev–Trinajstić information content (AvgIpc) is 3.55. The lowest BCUT2D eigenvalue weighted by atomic mass is 9.80. The maximum Gasteiger partial charge on any atom is 0.164 e. The molecule has 0 saturated heterocycles. The Balaban J connectivity index is 1.19. The Labute approximate surface area is 298 Å². The molecule has 1 aliphatic carbocycles. The zero-order valence-electron chi connectivity index (χ0n) is 28.4. The fraction of sp³-hybridized carbons (Fsp3) is 0.0851. The molecule has 1 unspecified atom stereocenters. The molecule has 0 radical (unpaired) electrons. The molecule has 4 heteroatoms. The summed E-state index contributed by atoms with van der Waals surface area (Å²) in [5.41, 5.74) is 11.6. The summed E-state index contributed by atoms with van der Waals surface area (Å²) in [6.45, 7) is 2.28. The summed E-state index contributed by atoms with van der Waals surface area (Å²) in [6.07, 6.45) is 6.49. The van der Waals surface area contributed by atoms with Crippen LogP contribution in [0.15, 0.2) is 175 Å². The highest BCUT2D eigenvalue weighted by Gasteiger charge is 2.27. The van der Waals surface area contributed by atoms with Gasteiger partial charge >= 0.3 is 0 Å². The van der Waals surface area contributed by atoms with E-state index in [0.29, 0.717) is 17.5 Å². The number of fused-ring (bicyclic) bond motifs is 3. The number of hydrogen-bond donors (Lipinski definition) is 0. The fourth-order valence-corrected chi connectivity index (χ4v) is 7.67. The zero-order valence-corrected chi connectivity index (χ0v) is 28.4. The normalized spacial score (nSPS) is 14.4. The molecule has 0 saturated carbocycles. The summed E-state index contributed by atoms with van der Waals surface area (Å²) >= 11 is 0. The quantitative estimate of drug-likeness (QED) is 0.171. The van der Waals surface area contributed by atoms with Crippen LogP contribution in [0.4, 0.5) is 0 Å². The largest absolute Gasteiger partial charge is 0.309 e.